The van der Waals surface area contributed by atoms with Crippen molar-refractivity contribution in [3.8, 4) is 5.75 Å². The summed E-state index contributed by atoms with van der Waals surface area (Å²) >= 11 is 0. The molecule has 0 bridgehead atoms. The number of amides is 1. The van der Waals surface area contributed by atoms with Crippen molar-refractivity contribution in [2.75, 3.05) is 6.61 Å². The molecule has 1 amide bonds. The standard InChI is InChI=1S/C29H24N2O2/c32-29(22-33-28-17-9-15-25-14-7-8-16-27(25)28)31-30-26(20-18-23-10-3-1-4-11-23)21-19-24-12-5-2-6-13-24/h1-21H,22H2,(H,31,32). The number of hydrogen-bond acceptors (Lipinski definition) is 3. The highest BCUT2D eigenvalue weighted by Crippen LogP contribution is 2.24. The van der Waals surface area contributed by atoms with E-state index in [1.54, 1.807) is 0 Å². The molecule has 0 aliphatic heterocycles. The van der Waals surface area contributed by atoms with Gasteiger partial charge in [-0.15, -0.1) is 0 Å². The maximum atomic E-state index is 12.4. The van der Waals surface area contributed by atoms with Crippen LogP contribution in [0.4, 0.5) is 0 Å². The van der Waals surface area contributed by atoms with Crippen molar-refractivity contribution in [1.29, 1.82) is 0 Å². The number of hydrogen-bond donors (Lipinski definition) is 1. The maximum absolute atomic E-state index is 12.4. The molecule has 0 aliphatic carbocycles. The lowest BCUT2D eigenvalue weighted by Crippen LogP contribution is -2.25. The summed E-state index contributed by atoms with van der Waals surface area (Å²) < 4.78 is 5.75. The van der Waals surface area contributed by atoms with Crippen molar-refractivity contribution in [2.45, 2.75) is 0 Å². The number of allylic oxidation sites excluding steroid dienone is 2. The number of rotatable bonds is 8. The molecule has 4 rings (SSSR count). The summed E-state index contributed by atoms with van der Waals surface area (Å²) in [4.78, 5) is 12.4. The summed E-state index contributed by atoms with van der Waals surface area (Å²) in [5.41, 5.74) is 5.30. The van der Waals surface area contributed by atoms with Gasteiger partial charge in [-0.3, -0.25) is 4.79 Å². The van der Waals surface area contributed by atoms with Crippen LogP contribution >= 0.6 is 0 Å². The Hall–Kier alpha value is -4.44. The number of carbonyl (C=O) groups is 1. The van der Waals surface area contributed by atoms with Crippen LogP contribution in [0, 0.1) is 0 Å². The highest BCUT2D eigenvalue weighted by Gasteiger charge is 2.05. The third-order valence-electron chi connectivity index (χ3n) is 4.91. The Morgan fingerprint density at radius 3 is 1.97 bits per heavy atom. The monoisotopic (exact) mass is 432 g/mol. The zero-order valence-electron chi connectivity index (χ0n) is 18.1. The molecule has 0 saturated carbocycles. The van der Waals surface area contributed by atoms with Gasteiger partial charge < -0.3 is 4.74 Å². The molecule has 0 aromatic heterocycles. The minimum Gasteiger partial charge on any atom is -0.483 e. The molecule has 4 aromatic carbocycles. The Kier molecular flexibility index (Phi) is 7.43. The highest BCUT2D eigenvalue weighted by atomic mass is 16.5. The van der Waals surface area contributed by atoms with E-state index in [1.165, 1.54) is 0 Å². The van der Waals surface area contributed by atoms with Crippen LogP contribution in [-0.4, -0.2) is 18.2 Å². The second-order valence-electron chi connectivity index (χ2n) is 7.33. The first kappa shape index (κ1) is 21.8. The molecule has 162 valence electrons. The Labute approximate surface area is 193 Å². The third kappa shape index (κ3) is 6.52. The molecule has 4 nitrogen and oxygen atoms in total. The van der Waals surface area contributed by atoms with Gasteiger partial charge >= 0.3 is 0 Å². The van der Waals surface area contributed by atoms with Crippen LogP contribution in [0.3, 0.4) is 0 Å². The molecule has 1 N–H and O–H groups in total. The second kappa shape index (κ2) is 11.3. The minimum absolute atomic E-state index is 0.129. The predicted molar refractivity (Wildman–Crippen MR) is 136 cm³/mol. The zero-order valence-corrected chi connectivity index (χ0v) is 18.1. The summed E-state index contributed by atoms with van der Waals surface area (Å²) in [5, 5.41) is 6.32. The summed E-state index contributed by atoms with van der Waals surface area (Å²) in [6.07, 6.45) is 7.63. The van der Waals surface area contributed by atoms with E-state index in [2.05, 4.69) is 10.5 Å². The van der Waals surface area contributed by atoms with Crippen LogP contribution in [0.1, 0.15) is 11.1 Å². The topological polar surface area (TPSA) is 50.7 Å². The Morgan fingerprint density at radius 1 is 0.727 bits per heavy atom. The number of hydrazone groups is 1. The molecular formula is C29H24N2O2. The third-order valence-corrected chi connectivity index (χ3v) is 4.91. The Balaban J connectivity index is 1.44. The molecule has 0 fully saturated rings. The van der Waals surface area contributed by atoms with Crippen LogP contribution in [0.15, 0.2) is 120 Å². The van der Waals surface area contributed by atoms with Crippen LogP contribution in [-0.2, 0) is 4.79 Å². The van der Waals surface area contributed by atoms with E-state index in [4.69, 9.17) is 4.74 Å². The molecule has 0 aliphatic rings. The first-order valence-corrected chi connectivity index (χ1v) is 10.7. The molecule has 0 unspecified atom stereocenters. The van der Waals surface area contributed by atoms with Gasteiger partial charge in [0.05, 0.1) is 5.71 Å². The van der Waals surface area contributed by atoms with E-state index >= 15 is 0 Å². The summed E-state index contributed by atoms with van der Waals surface area (Å²) in [6, 6.07) is 33.5. The fourth-order valence-electron chi connectivity index (χ4n) is 3.25. The predicted octanol–water partition coefficient (Wildman–Crippen LogP) is 6.12. The van der Waals surface area contributed by atoms with Gasteiger partial charge in [0.25, 0.3) is 5.91 Å². The van der Waals surface area contributed by atoms with E-state index in [9.17, 15) is 4.79 Å². The quantitative estimate of drug-likeness (QED) is 0.269. The molecular weight excluding hydrogens is 408 g/mol. The normalized spacial score (nSPS) is 11.0. The first-order chi connectivity index (χ1) is 16.3. The van der Waals surface area contributed by atoms with Gasteiger partial charge in [0.1, 0.15) is 5.75 Å². The zero-order chi connectivity index (χ0) is 22.7. The number of benzene rings is 4. The highest BCUT2D eigenvalue weighted by molar-refractivity contribution is 6.09. The van der Waals surface area contributed by atoms with Crippen LogP contribution in [0.25, 0.3) is 22.9 Å². The van der Waals surface area contributed by atoms with Crippen LogP contribution in [0.2, 0.25) is 0 Å². The lowest BCUT2D eigenvalue weighted by molar-refractivity contribution is -0.123. The van der Waals surface area contributed by atoms with Gasteiger partial charge in [-0.05, 0) is 34.7 Å². The van der Waals surface area contributed by atoms with Gasteiger partial charge in [0.15, 0.2) is 6.61 Å². The fourth-order valence-corrected chi connectivity index (χ4v) is 3.25. The van der Waals surface area contributed by atoms with E-state index < -0.39 is 0 Å². The van der Waals surface area contributed by atoms with Crippen molar-refractivity contribution in [1.82, 2.24) is 5.43 Å². The lowest BCUT2D eigenvalue weighted by Gasteiger charge is -2.08. The van der Waals surface area contributed by atoms with E-state index in [1.807, 2.05) is 127 Å². The number of ether oxygens (including phenoxy) is 1. The lowest BCUT2D eigenvalue weighted by atomic mass is 10.1. The Morgan fingerprint density at radius 2 is 1.30 bits per heavy atom. The average Bonchev–Trinajstić information content (AvgIpc) is 2.88. The largest absolute Gasteiger partial charge is 0.483 e. The average molecular weight is 433 g/mol. The number of carbonyl (C=O) groups excluding carboxylic acids is 1. The molecule has 4 aromatic rings. The second-order valence-corrected chi connectivity index (χ2v) is 7.33. The van der Waals surface area contributed by atoms with E-state index in [0.29, 0.717) is 11.5 Å². The van der Waals surface area contributed by atoms with Gasteiger partial charge in [-0.1, -0.05) is 109 Å². The number of fused-ring (bicyclic) bond motifs is 1. The molecule has 4 heteroatoms. The molecule has 0 atom stereocenters. The van der Waals surface area contributed by atoms with Crippen molar-refractivity contribution >= 4 is 34.5 Å². The molecule has 0 heterocycles. The summed E-state index contributed by atoms with van der Waals surface area (Å²) in [7, 11) is 0. The smallest absolute Gasteiger partial charge is 0.277 e. The fraction of sp³-hybridized carbons (Fsp3) is 0.0345. The first-order valence-electron chi connectivity index (χ1n) is 10.7. The van der Waals surface area contributed by atoms with Gasteiger partial charge in [0.2, 0.25) is 0 Å². The van der Waals surface area contributed by atoms with Crippen LogP contribution < -0.4 is 10.2 Å². The SMILES string of the molecule is O=C(COc1cccc2ccccc12)NN=C(C=Cc1ccccc1)C=Cc1ccccc1. The van der Waals surface area contributed by atoms with Crippen molar-refractivity contribution in [3.63, 3.8) is 0 Å². The minimum atomic E-state index is -0.332. The molecule has 0 spiro atoms. The van der Waals surface area contributed by atoms with Gasteiger partial charge in [-0.2, -0.15) is 5.10 Å². The molecule has 33 heavy (non-hydrogen) atoms. The van der Waals surface area contributed by atoms with Crippen molar-refractivity contribution < 1.29 is 9.53 Å². The summed E-state index contributed by atoms with van der Waals surface area (Å²) in [5.74, 6) is 0.335. The maximum Gasteiger partial charge on any atom is 0.277 e. The number of nitrogens with one attached hydrogen (secondary N) is 1. The van der Waals surface area contributed by atoms with E-state index in [-0.39, 0.29) is 12.5 Å². The number of nitrogens with zero attached hydrogens (tertiary/aromatic N) is 1. The molecule has 0 radical (unpaired) electrons. The van der Waals surface area contributed by atoms with Crippen molar-refractivity contribution in [2.24, 2.45) is 5.10 Å². The van der Waals surface area contributed by atoms with Crippen LogP contribution in [0.5, 0.6) is 5.75 Å². The molecule has 0 saturated heterocycles. The van der Waals surface area contributed by atoms with Gasteiger partial charge in [0, 0.05) is 5.39 Å². The summed E-state index contributed by atoms with van der Waals surface area (Å²) in [6.45, 7) is -0.129. The van der Waals surface area contributed by atoms with Crippen molar-refractivity contribution in [3.05, 3.63) is 126 Å². The Bertz CT molecular complexity index is 1240. The van der Waals surface area contributed by atoms with Gasteiger partial charge in [-0.25, -0.2) is 5.43 Å². The van der Waals surface area contributed by atoms with E-state index in [0.717, 1.165) is 21.9 Å².